The molecule has 3 heteroatoms. The summed E-state index contributed by atoms with van der Waals surface area (Å²) < 4.78 is 0. The van der Waals surface area contributed by atoms with Crippen molar-refractivity contribution in [2.45, 2.75) is 64.1 Å². The van der Waals surface area contributed by atoms with E-state index in [4.69, 9.17) is 0 Å². The van der Waals surface area contributed by atoms with Crippen molar-refractivity contribution >= 4 is 11.3 Å². The molecule has 0 radical (unpaired) electrons. The molecule has 0 spiro atoms. The molecule has 1 aromatic rings. The molecule has 0 amide bonds. The van der Waals surface area contributed by atoms with Crippen LogP contribution in [0.3, 0.4) is 0 Å². The summed E-state index contributed by atoms with van der Waals surface area (Å²) in [6.07, 6.45) is 8.41. The Hall–Kier alpha value is -0.380. The van der Waals surface area contributed by atoms with Crippen molar-refractivity contribution in [1.82, 2.24) is 10.2 Å². The Bertz CT molecular complexity index is 378. The lowest BCUT2D eigenvalue weighted by Crippen LogP contribution is -2.39. The first-order valence-electron chi connectivity index (χ1n) is 8.30. The molecule has 112 valence electrons. The maximum absolute atomic E-state index is 3.80. The minimum Gasteiger partial charge on any atom is -0.313 e. The molecule has 2 nitrogen and oxygen atoms in total. The lowest BCUT2D eigenvalue weighted by Gasteiger charge is -2.28. The van der Waals surface area contributed by atoms with Crippen molar-refractivity contribution in [1.29, 1.82) is 0 Å². The van der Waals surface area contributed by atoms with Gasteiger partial charge in [-0.3, -0.25) is 4.90 Å². The number of nitrogens with one attached hydrogen (secondary N) is 1. The van der Waals surface area contributed by atoms with E-state index in [0.717, 1.165) is 24.5 Å². The van der Waals surface area contributed by atoms with Crippen LogP contribution in [0.4, 0.5) is 0 Å². The van der Waals surface area contributed by atoms with Crippen LogP contribution in [0.1, 0.15) is 51.0 Å². The van der Waals surface area contributed by atoms with Crippen molar-refractivity contribution in [2.24, 2.45) is 5.92 Å². The first-order chi connectivity index (χ1) is 9.81. The van der Waals surface area contributed by atoms with E-state index in [-0.39, 0.29) is 0 Å². The second kappa shape index (κ2) is 7.06. The molecule has 0 aromatic carbocycles. The van der Waals surface area contributed by atoms with Gasteiger partial charge in [-0.1, -0.05) is 6.92 Å². The van der Waals surface area contributed by atoms with Gasteiger partial charge >= 0.3 is 0 Å². The molecule has 2 aliphatic rings. The van der Waals surface area contributed by atoms with E-state index >= 15 is 0 Å². The quantitative estimate of drug-likeness (QED) is 0.820. The van der Waals surface area contributed by atoms with E-state index in [9.17, 15) is 0 Å². The Labute approximate surface area is 127 Å². The summed E-state index contributed by atoms with van der Waals surface area (Å²) in [4.78, 5) is 2.68. The lowest BCUT2D eigenvalue weighted by molar-refractivity contribution is 0.239. The minimum absolute atomic E-state index is 0.786. The van der Waals surface area contributed by atoms with Gasteiger partial charge in [-0.05, 0) is 66.8 Å². The zero-order chi connectivity index (χ0) is 13.8. The van der Waals surface area contributed by atoms with Gasteiger partial charge in [0.2, 0.25) is 0 Å². The molecule has 0 unspecified atom stereocenters. The summed E-state index contributed by atoms with van der Waals surface area (Å²) in [5.74, 6) is 0.953. The van der Waals surface area contributed by atoms with Gasteiger partial charge in [0.05, 0.1) is 0 Å². The SMILES string of the molecule is CC1CCC(NCCN(Cc2ccsc2)C2CC2)CC1. The Balaban J connectivity index is 1.39. The summed E-state index contributed by atoms with van der Waals surface area (Å²) in [5, 5.41) is 8.29. The van der Waals surface area contributed by atoms with Crippen LogP contribution in [0.25, 0.3) is 0 Å². The molecule has 1 heterocycles. The third-order valence-electron chi connectivity index (χ3n) is 4.88. The Morgan fingerprint density at radius 3 is 2.65 bits per heavy atom. The number of hydrogen-bond donors (Lipinski definition) is 1. The predicted octanol–water partition coefficient (Wildman–Crippen LogP) is 3.88. The van der Waals surface area contributed by atoms with Crippen molar-refractivity contribution in [3.63, 3.8) is 0 Å². The van der Waals surface area contributed by atoms with Crippen molar-refractivity contribution in [3.05, 3.63) is 22.4 Å². The van der Waals surface area contributed by atoms with Crippen molar-refractivity contribution in [3.8, 4) is 0 Å². The second-order valence-corrected chi connectivity index (χ2v) is 7.52. The third kappa shape index (κ3) is 4.31. The summed E-state index contributed by atoms with van der Waals surface area (Å²) in [5.41, 5.74) is 1.49. The van der Waals surface area contributed by atoms with E-state index in [1.165, 1.54) is 57.2 Å². The van der Waals surface area contributed by atoms with Crippen LogP contribution in [0, 0.1) is 5.92 Å². The monoisotopic (exact) mass is 292 g/mol. The zero-order valence-corrected chi connectivity index (χ0v) is 13.5. The number of hydrogen-bond acceptors (Lipinski definition) is 3. The first-order valence-corrected chi connectivity index (χ1v) is 9.24. The first kappa shape index (κ1) is 14.6. The fourth-order valence-corrected chi connectivity index (χ4v) is 3.98. The van der Waals surface area contributed by atoms with Crippen LogP contribution in [0.15, 0.2) is 16.8 Å². The third-order valence-corrected chi connectivity index (χ3v) is 5.61. The van der Waals surface area contributed by atoms with Gasteiger partial charge in [0.1, 0.15) is 0 Å². The normalized spacial score (nSPS) is 27.1. The molecule has 2 saturated carbocycles. The van der Waals surface area contributed by atoms with Crippen molar-refractivity contribution in [2.75, 3.05) is 13.1 Å². The molecule has 0 atom stereocenters. The van der Waals surface area contributed by atoms with Gasteiger partial charge in [-0.15, -0.1) is 0 Å². The molecular formula is C17H28N2S. The Morgan fingerprint density at radius 1 is 1.20 bits per heavy atom. The van der Waals surface area contributed by atoms with Crippen LogP contribution < -0.4 is 5.32 Å². The van der Waals surface area contributed by atoms with Gasteiger partial charge in [0.15, 0.2) is 0 Å². The fourth-order valence-electron chi connectivity index (χ4n) is 3.32. The van der Waals surface area contributed by atoms with Gasteiger partial charge in [-0.2, -0.15) is 11.3 Å². The van der Waals surface area contributed by atoms with Crippen molar-refractivity contribution < 1.29 is 0 Å². The highest BCUT2D eigenvalue weighted by Gasteiger charge is 2.28. The lowest BCUT2D eigenvalue weighted by atomic mass is 9.87. The fraction of sp³-hybridized carbons (Fsp3) is 0.765. The minimum atomic E-state index is 0.786. The van der Waals surface area contributed by atoms with E-state index in [0.29, 0.717) is 0 Å². The summed E-state index contributed by atoms with van der Waals surface area (Å²) in [6, 6.07) is 3.92. The molecule has 0 saturated heterocycles. The Kier molecular flexibility index (Phi) is 5.14. The molecule has 20 heavy (non-hydrogen) atoms. The average Bonchev–Trinajstić information content (AvgIpc) is 3.18. The van der Waals surface area contributed by atoms with E-state index in [1.807, 2.05) is 11.3 Å². The summed E-state index contributed by atoms with van der Waals surface area (Å²) in [7, 11) is 0. The highest BCUT2D eigenvalue weighted by Crippen LogP contribution is 2.28. The standard InChI is InChI=1S/C17H28N2S/c1-14-2-4-16(5-3-14)18-9-10-19(17-6-7-17)12-15-8-11-20-13-15/h8,11,13-14,16-18H,2-7,9-10,12H2,1H3. The molecule has 1 N–H and O–H groups in total. The smallest absolute Gasteiger partial charge is 0.0245 e. The van der Waals surface area contributed by atoms with Gasteiger partial charge < -0.3 is 5.32 Å². The molecule has 0 bridgehead atoms. The van der Waals surface area contributed by atoms with Gasteiger partial charge in [0, 0.05) is 31.7 Å². The van der Waals surface area contributed by atoms with Crippen LogP contribution in [0.2, 0.25) is 0 Å². The summed E-state index contributed by atoms with van der Waals surface area (Å²) >= 11 is 1.82. The molecule has 1 aromatic heterocycles. The maximum atomic E-state index is 3.80. The zero-order valence-electron chi connectivity index (χ0n) is 12.7. The van der Waals surface area contributed by atoms with Crippen LogP contribution in [-0.2, 0) is 6.54 Å². The topological polar surface area (TPSA) is 15.3 Å². The number of rotatable bonds is 7. The predicted molar refractivity (Wildman–Crippen MR) is 87.2 cm³/mol. The Morgan fingerprint density at radius 2 is 2.00 bits per heavy atom. The highest BCUT2D eigenvalue weighted by atomic mass is 32.1. The molecule has 0 aliphatic heterocycles. The van der Waals surface area contributed by atoms with E-state index in [2.05, 4.69) is 34.0 Å². The van der Waals surface area contributed by atoms with Crippen LogP contribution in [-0.4, -0.2) is 30.1 Å². The van der Waals surface area contributed by atoms with Crippen LogP contribution in [0.5, 0.6) is 0 Å². The number of thiophene rings is 1. The highest BCUT2D eigenvalue weighted by molar-refractivity contribution is 7.07. The van der Waals surface area contributed by atoms with Gasteiger partial charge in [0.25, 0.3) is 0 Å². The maximum Gasteiger partial charge on any atom is 0.0245 e. The molecular weight excluding hydrogens is 264 g/mol. The average molecular weight is 292 g/mol. The summed E-state index contributed by atoms with van der Waals surface area (Å²) in [6.45, 7) is 5.93. The molecule has 2 aliphatic carbocycles. The largest absolute Gasteiger partial charge is 0.313 e. The second-order valence-electron chi connectivity index (χ2n) is 6.74. The van der Waals surface area contributed by atoms with Gasteiger partial charge in [-0.25, -0.2) is 0 Å². The molecule has 2 fully saturated rings. The number of nitrogens with zero attached hydrogens (tertiary/aromatic N) is 1. The molecule has 3 rings (SSSR count). The van der Waals surface area contributed by atoms with E-state index in [1.54, 1.807) is 0 Å². The van der Waals surface area contributed by atoms with Crippen LogP contribution >= 0.6 is 11.3 Å². The van der Waals surface area contributed by atoms with E-state index < -0.39 is 0 Å².